The Bertz CT molecular complexity index is 593. The monoisotopic (exact) mass is 274 g/mol. The molecule has 0 aliphatic carbocycles. The van der Waals surface area contributed by atoms with Crippen LogP contribution in [0.3, 0.4) is 0 Å². The van der Waals surface area contributed by atoms with E-state index in [1.54, 1.807) is 6.92 Å². The van der Waals surface area contributed by atoms with Crippen LogP contribution in [0.5, 0.6) is 0 Å². The van der Waals surface area contributed by atoms with E-state index in [0.29, 0.717) is 0 Å². The van der Waals surface area contributed by atoms with E-state index < -0.39 is 0 Å². The summed E-state index contributed by atoms with van der Waals surface area (Å²) >= 11 is 0. The molecular formula is C13H18N6O. The number of amides is 1. The Morgan fingerprint density at radius 1 is 1.40 bits per heavy atom. The van der Waals surface area contributed by atoms with Crippen LogP contribution in [0.2, 0.25) is 0 Å². The number of tetrazole rings is 1. The van der Waals surface area contributed by atoms with Crippen LogP contribution in [-0.2, 0) is 4.79 Å². The first-order valence-electron chi connectivity index (χ1n) is 6.39. The van der Waals surface area contributed by atoms with Crippen molar-refractivity contribution in [1.82, 2.24) is 20.2 Å². The molecule has 0 aliphatic rings. The highest BCUT2D eigenvalue weighted by atomic mass is 16.1. The van der Waals surface area contributed by atoms with Gasteiger partial charge in [-0.2, -0.15) is 0 Å². The van der Waals surface area contributed by atoms with Gasteiger partial charge in [0.15, 0.2) is 0 Å². The largest absolute Gasteiger partial charge is 0.327 e. The molecule has 2 rings (SSSR count). The molecule has 0 saturated heterocycles. The summed E-state index contributed by atoms with van der Waals surface area (Å²) in [4.78, 5) is 12.1. The van der Waals surface area contributed by atoms with Gasteiger partial charge in [0, 0.05) is 11.7 Å². The summed E-state index contributed by atoms with van der Waals surface area (Å²) in [6, 6.07) is 5.43. The lowest BCUT2D eigenvalue weighted by Gasteiger charge is -2.17. The van der Waals surface area contributed by atoms with E-state index in [0.717, 1.165) is 16.9 Å². The zero-order valence-electron chi connectivity index (χ0n) is 11.7. The highest BCUT2D eigenvalue weighted by molar-refractivity contribution is 5.93. The zero-order chi connectivity index (χ0) is 14.7. The summed E-state index contributed by atoms with van der Waals surface area (Å²) < 4.78 is 1.53. The van der Waals surface area contributed by atoms with E-state index in [2.05, 4.69) is 20.8 Å². The topological polar surface area (TPSA) is 98.7 Å². The first kappa shape index (κ1) is 14.1. The molecule has 1 aromatic heterocycles. The smallest absolute Gasteiger partial charge is 0.228 e. The fourth-order valence-electron chi connectivity index (χ4n) is 1.65. The maximum absolute atomic E-state index is 12.1. The Hall–Kier alpha value is -2.28. The van der Waals surface area contributed by atoms with Crippen LogP contribution in [0.1, 0.15) is 19.4 Å². The van der Waals surface area contributed by atoms with Gasteiger partial charge < -0.3 is 11.1 Å². The van der Waals surface area contributed by atoms with Gasteiger partial charge in [0.1, 0.15) is 6.33 Å². The summed E-state index contributed by atoms with van der Waals surface area (Å²) in [5.41, 5.74) is 8.22. The number of benzene rings is 1. The minimum atomic E-state index is -0.258. The number of nitrogens with one attached hydrogen (secondary N) is 1. The van der Waals surface area contributed by atoms with Crippen LogP contribution >= 0.6 is 0 Å². The first-order valence-corrected chi connectivity index (χ1v) is 6.39. The molecule has 7 nitrogen and oxygen atoms in total. The van der Waals surface area contributed by atoms with Crippen molar-refractivity contribution in [1.29, 1.82) is 0 Å². The Balaban J connectivity index is 2.24. The van der Waals surface area contributed by atoms with Crippen LogP contribution in [0.25, 0.3) is 5.69 Å². The highest BCUT2D eigenvalue weighted by Gasteiger charge is 2.18. The number of nitrogens with two attached hydrogens (primary N) is 1. The average Bonchev–Trinajstić information content (AvgIpc) is 2.94. The number of nitrogens with zero attached hydrogens (tertiary/aromatic N) is 4. The van der Waals surface area contributed by atoms with Crippen molar-refractivity contribution in [2.45, 2.75) is 26.8 Å². The van der Waals surface area contributed by atoms with Gasteiger partial charge in [-0.15, -0.1) is 5.10 Å². The average molecular weight is 274 g/mol. The van der Waals surface area contributed by atoms with E-state index in [4.69, 9.17) is 5.73 Å². The van der Waals surface area contributed by atoms with Gasteiger partial charge in [0.25, 0.3) is 0 Å². The van der Waals surface area contributed by atoms with Crippen molar-refractivity contribution < 1.29 is 4.79 Å². The number of aromatic nitrogens is 4. The summed E-state index contributed by atoms with van der Waals surface area (Å²) in [5.74, 6) is -0.358. The van der Waals surface area contributed by atoms with Crippen molar-refractivity contribution in [3.63, 3.8) is 0 Å². The molecule has 1 amide bonds. The molecule has 7 heteroatoms. The molecule has 0 bridgehead atoms. The molecule has 2 aromatic rings. The lowest BCUT2D eigenvalue weighted by atomic mass is 10.0. The molecule has 3 N–H and O–H groups in total. The second kappa shape index (κ2) is 5.79. The van der Waals surface area contributed by atoms with Gasteiger partial charge in [-0.05, 0) is 42.0 Å². The molecule has 0 spiro atoms. The maximum Gasteiger partial charge on any atom is 0.228 e. The van der Waals surface area contributed by atoms with Gasteiger partial charge in [-0.1, -0.05) is 13.0 Å². The van der Waals surface area contributed by atoms with Crippen molar-refractivity contribution in [3.05, 3.63) is 30.1 Å². The molecule has 0 fully saturated rings. The standard InChI is InChI=1S/C13H18N6O/c1-8-4-5-11(19-7-15-17-18-19)6-12(8)16-13(20)9(2)10(3)14/h4-7,9-10H,14H2,1-3H3,(H,16,20). The van der Waals surface area contributed by atoms with E-state index in [1.165, 1.54) is 11.0 Å². The summed E-state index contributed by atoms with van der Waals surface area (Å²) in [5, 5.41) is 13.9. The van der Waals surface area contributed by atoms with Crippen LogP contribution in [0.4, 0.5) is 5.69 Å². The van der Waals surface area contributed by atoms with Crippen molar-refractivity contribution in [2.75, 3.05) is 5.32 Å². The van der Waals surface area contributed by atoms with E-state index >= 15 is 0 Å². The minimum Gasteiger partial charge on any atom is -0.327 e. The second-order valence-corrected chi connectivity index (χ2v) is 4.89. The minimum absolute atomic E-state index is 0.100. The first-order chi connectivity index (χ1) is 9.49. The lowest BCUT2D eigenvalue weighted by molar-refractivity contribution is -0.119. The Morgan fingerprint density at radius 2 is 2.15 bits per heavy atom. The number of hydrogen-bond acceptors (Lipinski definition) is 5. The summed E-state index contributed by atoms with van der Waals surface area (Å²) in [6.07, 6.45) is 1.50. The van der Waals surface area contributed by atoms with Crippen molar-refractivity contribution in [2.24, 2.45) is 11.7 Å². The van der Waals surface area contributed by atoms with E-state index in [9.17, 15) is 4.79 Å². The lowest BCUT2D eigenvalue weighted by Crippen LogP contribution is -2.34. The number of carbonyl (C=O) groups excluding carboxylic acids is 1. The number of hydrogen-bond donors (Lipinski definition) is 2. The van der Waals surface area contributed by atoms with Gasteiger partial charge >= 0.3 is 0 Å². The van der Waals surface area contributed by atoms with Gasteiger partial charge in [-0.25, -0.2) is 4.68 Å². The van der Waals surface area contributed by atoms with Crippen molar-refractivity contribution in [3.8, 4) is 5.69 Å². The normalized spacial score (nSPS) is 13.8. The highest BCUT2D eigenvalue weighted by Crippen LogP contribution is 2.20. The quantitative estimate of drug-likeness (QED) is 0.862. The summed E-state index contributed by atoms with van der Waals surface area (Å²) in [7, 11) is 0. The molecule has 2 unspecified atom stereocenters. The molecule has 20 heavy (non-hydrogen) atoms. The predicted octanol–water partition coefficient (Wildman–Crippen LogP) is 0.893. The Morgan fingerprint density at radius 3 is 2.75 bits per heavy atom. The number of anilines is 1. The number of rotatable bonds is 4. The van der Waals surface area contributed by atoms with Gasteiger partial charge in [0.2, 0.25) is 5.91 Å². The van der Waals surface area contributed by atoms with E-state index in [-0.39, 0.29) is 17.9 Å². The van der Waals surface area contributed by atoms with Crippen LogP contribution < -0.4 is 11.1 Å². The fourth-order valence-corrected chi connectivity index (χ4v) is 1.65. The molecule has 106 valence electrons. The van der Waals surface area contributed by atoms with Crippen LogP contribution in [0.15, 0.2) is 24.5 Å². The van der Waals surface area contributed by atoms with Crippen LogP contribution in [0, 0.1) is 12.8 Å². The molecule has 1 heterocycles. The molecule has 0 saturated carbocycles. The predicted molar refractivity (Wildman–Crippen MR) is 75.3 cm³/mol. The number of aryl methyl sites for hydroxylation is 1. The maximum atomic E-state index is 12.1. The summed E-state index contributed by atoms with van der Waals surface area (Å²) in [6.45, 7) is 5.55. The third-order valence-corrected chi connectivity index (χ3v) is 3.29. The third kappa shape index (κ3) is 3.00. The molecule has 0 radical (unpaired) electrons. The SMILES string of the molecule is Cc1ccc(-n2cnnn2)cc1NC(=O)C(C)C(C)N. The van der Waals surface area contributed by atoms with Crippen LogP contribution in [-0.4, -0.2) is 32.2 Å². The second-order valence-electron chi connectivity index (χ2n) is 4.89. The molecule has 1 aromatic carbocycles. The Kier molecular flexibility index (Phi) is 4.09. The molecular weight excluding hydrogens is 256 g/mol. The fraction of sp³-hybridized carbons (Fsp3) is 0.385. The third-order valence-electron chi connectivity index (χ3n) is 3.29. The molecule has 0 aliphatic heterocycles. The number of carbonyl (C=O) groups is 1. The van der Waals surface area contributed by atoms with Crippen molar-refractivity contribution >= 4 is 11.6 Å². The van der Waals surface area contributed by atoms with Gasteiger partial charge in [-0.3, -0.25) is 4.79 Å². The zero-order valence-corrected chi connectivity index (χ0v) is 11.7. The van der Waals surface area contributed by atoms with Gasteiger partial charge in [0.05, 0.1) is 11.6 Å². The van der Waals surface area contributed by atoms with E-state index in [1.807, 2.05) is 32.0 Å². The Labute approximate surface area is 117 Å². The molecule has 2 atom stereocenters.